The fourth-order valence-corrected chi connectivity index (χ4v) is 2.96. The summed E-state index contributed by atoms with van der Waals surface area (Å²) in [4.78, 5) is 6.76. The molecule has 1 aromatic heterocycles. The summed E-state index contributed by atoms with van der Waals surface area (Å²) >= 11 is 0. The lowest BCUT2D eigenvalue weighted by Crippen LogP contribution is -2.52. The topological polar surface area (TPSA) is 74.4 Å². The van der Waals surface area contributed by atoms with Crippen LogP contribution in [0.4, 0.5) is 5.82 Å². The van der Waals surface area contributed by atoms with Gasteiger partial charge in [0.1, 0.15) is 5.82 Å². The van der Waals surface area contributed by atoms with Crippen LogP contribution in [0.15, 0.2) is 42.5 Å². The molecule has 2 aromatic rings. The van der Waals surface area contributed by atoms with E-state index in [4.69, 9.17) is 5.73 Å². The largest absolute Gasteiger partial charge is 0.395 e. The number of aromatic nitrogens is 1. The number of nitrogens with zero attached hydrogens (tertiary/aromatic N) is 2. The van der Waals surface area contributed by atoms with E-state index in [0.717, 1.165) is 43.9 Å². The van der Waals surface area contributed by atoms with Gasteiger partial charge in [-0.05, 0) is 24.1 Å². The zero-order valence-corrected chi connectivity index (χ0v) is 13.3. The third kappa shape index (κ3) is 4.28. The van der Waals surface area contributed by atoms with Crippen molar-refractivity contribution >= 4 is 5.82 Å². The van der Waals surface area contributed by atoms with Crippen molar-refractivity contribution in [2.75, 3.05) is 38.5 Å². The molecule has 1 aliphatic rings. The van der Waals surface area contributed by atoms with Crippen LogP contribution in [0.3, 0.4) is 0 Å². The molecule has 5 nitrogen and oxygen atoms in total. The number of aliphatic hydroxyl groups is 1. The summed E-state index contributed by atoms with van der Waals surface area (Å²) in [6.45, 7) is 4.14. The van der Waals surface area contributed by atoms with E-state index in [0.29, 0.717) is 5.82 Å². The first-order valence-electron chi connectivity index (χ1n) is 8.13. The van der Waals surface area contributed by atoms with Gasteiger partial charge < -0.3 is 21.1 Å². The van der Waals surface area contributed by atoms with Crippen LogP contribution >= 0.6 is 0 Å². The van der Waals surface area contributed by atoms with E-state index in [1.165, 1.54) is 5.56 Å². The number of piperazine rings is 1. The SMILES string of the molecule is Nc1cccc(-c2ccc(CCN3CCNC(CO)C3)cc2)n1. The number of benzene rings is 1. The fourth-order valence-electron chi connectivity index (χ4n) is 2.96. The first-order chi connectivity index (χ1) is 11.2. The molecule has 0 radical (unpaired) electrons. The zero-order valence-electron chi connectivity index (χ0n) is 13.3. The highest BCUT2D eigenvalue weighted by molar-refractivity contribution is 5.61. The van der Waals surface area contributed by atoms with E-state index in [-0.39, 0.29) is 12.6 Å². The van der Waals surface area contributed by atoms with Gasteiger partial charge in [0.05, 0.1) is 12.3 Å². The minimum absolute atomic E-state index is 0.207. The maximum absolute atomic E-state index is 9.25. The van der Waals surface area contributed by atoms with Gasteiger partial charge in [-0.15, -0.1) is 0 Å². The number of hydrogen-bond donors (Lipinski definition) is 3. The zero-order chi connectivity index (χ0) is 16.1. The van der Waals surface area contributed by atoms with E-state index in [1.807, 2.05) is 12.1 Å². The van der Waals surface area contributed by atoms with Crippen LogP contribution in [0.25, 0.3) is 11.3 Å². The third-order valence-electron chi connectivity index (χ3n) is 4.30. The Kier molecular flexibility index (Phi) is 5.23. The molecule has 122 valence electrons. The molecule has 0 amide bonds. The standard InChI is InChI=1S/C18H24N4O/c19-18-3-1-2-17(21-18)15-6-4-14(5-7-15)8-10-22-11-9-20-16(12-22)13-23/h1-7,16,20,23H,8-13H2,(H2,19,21). The second-order valence-corrected chi connectivity index (χ2v) is 6.03. The molecule has 1 fully saturated rings. The molecule has 1 aromatic carbocycles. The van der Waals surface area contributed by atoms with Gasteiger partial charge in [-0.25, -0.2) is 4.98 Å². The van der Waals surface area contributed by atoms with Gasteiger partial charge in [-0.2, -0.15) is 0 Å². The lowest BCUT2D eigenvalue weighted by Gasteiger charge is -2.32. The molecular formula is C18H24N4O. The molecule has 0 aliphatic carbocycles. The average Bonchev–Trinajstić information content (AvgIpc) is 2.60. The molecule has 1 aliphatic heterocycles. The number of anilines is 1. The van der Waals surface area contributed by atoms with Crippen LogP contribution in [-0.2, 0) is 6.42 Å². The van der Waals surface area contributed by atoms with Crippen molar-refractivity contribution in [3.8, 4) is 11.3 Å². The molecule has 3 rings (SSSR count). The van der Waals surface area contributed by atoms with Crippen LogP contribution in [0.2, 0.25) is 0 Å². The summed E-state index contributed by atoms with van der Waals surface area (Å²) in [5.74, 6) is 0.545. The maximum Gasteiger partial charge on any atom is 0.124 e. The van der Waals surface area contributed by atoms with Crippen LogP contribution < -0.4 is 11.1 Å². The minimum Gasteiger partial charge on any atom is -0.395 e. The lowest BCUT2D eigenvalue weighted by molar-refractivity contribution is 0.149. The Hall–Kier alpha value is -1.95. The number of nitrogen functional groups attached to an aromatic ring is 1. The monoisotopic (exact) mass is 312 g/mol. The summed E-state index contributed by atoms with van der Waals surface area (Å²) in [6.07, 6.45) is 1.02. The summed E-state index contributed by atoms with van der Waals surface area (Å²) in [7, 11) is 0. The summed E-state index contributed by atoms with van der Waals surface area (Å²) in [6, 6.07) is 14.4. The van der Waals surface area contributed by atoms with Crippen molar-refractivity contribution in [2.24, 2.45) is 0 Å². The molecule has 0 saturated carbocycles. The van der Waals surface area contributed by atoms with Crippen molar-refractivity contribution in [3.05, 3.63) is 48.0 Å². The number of hydrogen-bond acceptors (Lipinski definition) is 5. The molecule has 0 bridgehead atoms. The molecule has 23 heavy (non-hydrogen) atoms. The molecule has 0 spiro atoms. The first kappa shape index (κ1) is 15.9. The van der Waals surface area contributed by atoms with E-state index in [1.54, 1.807) is 6.07 Å². The van der Waals surface area contributed by atoms with Crippen molar-refractivity contribution in [1.82, 2.24) is 15.2 Å². The second kappa shape index (κ2) is 7.55. The van der Waals surface area contributed by atoms with E-state index in [2.05, 4.69) is 39.5 Å². The molecule has 1 unspecified atom stereocenters. The lowest BCUT2D eigenvalue weighted by atomic mass is 10.1. The van der Waals surface area contributed by atoms with Crippen LogP contribution in [0.1, 0.15) is 5.56 Å². The molecule has 4 N–H and O–H groups in total. The first-order valence-corrected chi connectivity index (χ1v) is 8.13. The minimum atomic E-state index is 0.207. The third-order valence-corrected chi connectivity index (χ3v) is 4.30. The number of pyridine rings is 1. The van der Waals surface area contributed by atoms with Gasteiger partial charge in [0.15, 0.2) is 0 Å². The Labute approximate surface area is 137 Å². The summed E-state index contributed by atoms with van der Waals surface area (Å²) < 4.78 is 0. The molecular weight excluding hydrogens is 288 g/mol. The fraction of sp³-hybridized carbons (Fsp3) is 0.389. The quantitative estimate of drug-likeness (QED) is 0.772. The Morgan fingerprint density at radius 3 is 2.78 bits per heavy atom. The van der Waals surface area contributed by atoms with Crippen molar-refractivity contribution in [1.29, 1.82) is 0 Å². The number of nitrogens with one attached hydrogen (secondary N) is 1. The van der Waals surface area contributed by atoms with Gasteiger partial charge in [-0.3, -0.25) is 0 Å². The Balaban J connectivity index is 1.57. The van der Waals surface area contributed by atoms with E-state index >= 15 is 0 Å². The predicted octanol–water partition coefficient (Wildman–Crippen LogP) is 1.14. The van der Waals surface area contributed by atoms with Crippen LogP contribution in [-0.4, -0.2) is 53.8 Å². The summed E-state index contributed by atoms with van der Waals surface area (Å²) in [5, 5.41) is 12.6. The normalized spacial score (nSPS) is 18.9. The van der Waals surface area contributed by atoms with Crippen molar-refractivity contribution < 1.29 is 5.11 Å². The highest BCUT2D eigenvalue weighted by Gasteiger charge is 2.17. The number of rotatable bonds is 5. The highest BCUT2D eigenvalue weighted by Crippen LogP contribution is 2.19. The maximum atomic E-state index is 9.25. The molecule has 5 heteroatoms. The van der Waals surface area contributed by atoms with Crippen molar-refractivity contribution in [3.63, 3.8) is 0 Å². The Morgan fingerprint density at radius 2 is 2.04 bits per heavy atom. The number of aliphatic hydroxyl groups excluding tert-OH is 1. The Bertz CT molecular complexity index is 629. The van der Waals surface area contributed by atoms with Crippen molar-refractivity contribution in [2.45, 2.75) is 12.5 Å². The van der Waals surface area contributed by atoms with Gasteiger partial charge >= 0.3 is 0 Å². The highest BCUT2D eigenvalue weighted by atomic mass is 16.3. The van der Waals surface area contributed by atoms with Gasteiger partial charge in [0, 0.05) is 37.8 Å². The Morgan fingerprint density at radius 1 is 1.22 bits per heavy atom. The number of nitrogens with two attached hydrogens (primary N) is 1. The van der Waals surface area contributed by atoms with E-state index < -0.39 is 0 Å². The van der Waals surface area contributed by atoms with E-state index in [9.17, 15) is 5.11 Å². The van der Waals surface area contributed by atoms with Gasteiger partial charge in [0.25, 0.3) is 0 Å². The van der Waals surface area contributed by atoms with Gasteiger partial charge in [0.2, 0.25) is 0 Å². The predicted molar refractivity (Wildman–Crippen MR) is 93.1 cm³/mol. The van der Waals surface area contributed by atoms with Crippen LogP contribution in [0, 0.1) is 0 Å². The van der Waals surface area contributed by atoms with Gasteiger partial charge in [-0.1, -0.05) is 30.3 Å². The second-order valence-electron chi connectivity index (χ2n) is 6.03. The molecule has 1 saturated heterocycles. The molecule has 1 atom stereocenters. The smallest absolute Gasteiger partial charge is 0.124 e. The molecule has 2 heterocycles. The average molecular weight is 312 g/mol. The summed E-state index contributed by atoms with van der Waals surface area (Å²) in [5.41, 5.74) is 9.05. The van der Waals surface area contributed by atoms with Crippen LogP contribution in [0.5, 0.6) is 0 Å².